The number of aromatic nitrogens is 1. The molecule has 1 aromatic heterocycles. The molecule has 38 heavy (non-hydrogen) atoms. The average Bonchev–Trinajstić information content (AvgIpc) is 3.33. The van der Waals surface area contributed by atoms with E-state index in [-0.39, 0.29) is 12.5 Å². The standard InChI is InChI=1S/C31H27N3O2S2/c1-36-22-16-14-21(15-17-22)30-31(23-8-2-3-9-24(23)33-30)37-19-18-32-29(35)20-34-25-10-4-6-12-27(25)38-28-13-7-5-11-26(28)34/h2-17,33H,18-20H2,1H3,(H,32,35). The first-order chi connectivity index (χ1) is 18.7. The van der Waals surface area contributed by atoms with Gasteiger partial charge in [0.1, 0.15) is 12.3 Å². The van der Waals surface area contributed by atoms with Crippen LogP contribution >= 0.6 is 23.5 Å². The Morgan fingerprint density at radius 3 is 2.26 bits per heavy atom. The number of H-pyrrole nitrogens is 1. The van der Waals surface area contributed by atoms with Crippen molar-refractivity contribution in [3.63, 3.8) is 0 Å². The van der Waals surface area contributed by atoms with E-state index in [1.54, 1.807) is 30.6 Å². The quantitative estimate of drug-likeness (QED) is 0.160. The van der Waals surface area contributed by atoms with E-state index in [4.69, 9.17) is 4.74 Å². The first kappa shape index (κ1) is 24.5. The van der Waals surface area contributed by atoms with E-state index in [0.717, 1.165) is 39.7 Å². The molecule has 0 bridgehead atoms. The molecule has 6 rings (SSSR count). The summed E-state index contributed by atoms with van der Waals surface area (Å²) in [6, 6.07) is 33.0. The maximum Gasteiger partial charge on any atom is 0.239 e. The third-order valence-electron chi connectivity index (χ3n) is 6.54. The molecule has 5 aromatic rings. The lowest BCUT2D eigenvalue weighted by Crippen LogP contribution is -2.36. The van der Waals surface area contributed by atoms with Gasteiger partial charge < -0.3 is 19.9 Å². The summed E-state index contributed by atoms with van der Waals surface area (Å²) in [5.74, 6) is 1.61. The highest BCUT2D eigenvalue weighted by Gasteiger charge is 2.24. The summed E-state index contributed by atoms with van der Waals surface area (Å²) in [4.78, 5) is 22.3. The molecule has 4 aromatic carbocycles. The van der Waals surface area contributed by atoms with E-state index < -0.39 is 0 Å². The Kier molecular flexibility index (Phi) is 7.03. The first-order valence-corrected chi connectivity index (χ1v) is 14.3. The van der Waals surface area contributed by atoms with Gasteiger partial charge in [0.25, 0.3) is 0 Å². The zero-order chi connectivity index (χ0) is 25.9. The molecule has 1 aliphatic heterocycles. The van der Waals surface area contributed by atoms with Gasteiger partial charge in [0.05, 0.1) is 24.2 Å². The van der Waals surface area contributed by atoms with Gasteiger partial charge in [-0.25, -0.2) is 0 Å². The highest BCUT2D eigenvalue weighted by atomic mass is 32.2. The zero-order valence-electron chi connectivity index (χ0n) is 20.9. The maximum atomic E-state index is 13.1. The predicted molar refractivity (Wildman–Crippen MR) is 158 cm³/mol. The molecular formula is C31H27N3O2S2. The van der Waals surface area contributed by atoms with Gasteiger partial charge in [-0.15, -0.1) is 11.8 Å². The van der Waals surface area contributed by atoms with Crippen molar-refractivity contribution in [1.29, 1.82) is 0 Å². The molecule has 0 unspecified atom stereocenters. The van der Waals surface area contributed by atoms with Gasteiger partial charge in [0.2, 0.25) is 5.91 Å². The number of carbonyl (C=O) groups is 1. The molecule has 5 nitrogen and oxygen atoms in total. The van der Waals surface area contributed by atoms with Crippen molar-refractivity contribution in [3.8, 4) is 17.0 Å². The van der Waals surface area contributed by atoms with E-state index in [9.17, 15) is 4.79 Å². The van der Waals surface area contributed by atoms with Gasteiger partial charge in [-0.1, -0.05) is 54.2 Å². The molecule has 1 amide bonds. The number of ether oxygens (including phenoxy) is 1. The second kappa shape index (κ2) is 10.9. The summed E-state index contributed by atoms with van der Waals surface area (Å²) in [5.41, 5.74) is 5.44. The number of carbonyl (C=O) groups excluding carboxylic acids is 1. The summed E-state index contributed by atoms with van der Waals surface area (Å²) < 4.78 is 5.33. The lowest BCUT2D eigenvalue weighted by molar-refractivity contribution is -0.119. The van der Waals surface area contributed by atoms with Crippen LogP contribution in [0, 0.1) is 0 Å². The lowest BCUT2D eigenvalue weighted by Gasteiger charge is -2.32. The van der Waals surface area contributed by atoms with E-state index >= 15 is 0 Å². The molecule has 7 heteroatoms. The largest absolute Gasteiger partial charge is 0.497 e. The van der Waals surface area contributed by atoms with Gasteiger partial charge in [-0.2, -0.15) is 0 Å². The van der Waals surface area contributed by atoms with E-state index in [0.29, 0.717) is 6.54 Å². The SMILES string of the molecule is COc1ccc(-c2[nH]c3ccccc3c2SCCNC(=O)CN2c3ccccc3Sc3ccccc32)cc1. The number of fused-ring (bicyclic) bond motifs is 3. The van der Waals surface area contributed by atoms with Gasteiger partial charge in [0, 0.05) is 37.9 Å². The normalized spacial score (nSPS) is 12.2. The number of amides is 1. The molecule has 1 aliphatic rings. The molecule has 190 valence electrons. The fraction of sp³-hybridized carbons (Fsp3) is 0.129. The zero-order valence-corrected chi connectivity index (χ0v) is 22.6. The minimum absolute atomic E-state index is 0.0106. The van der Waals surface area contributed by atoms with E-state index in [2.05, 4.69) is 69.8 Å². The van der Waals surface area contributed by atoms with E-state index in [1.807, 2.05) is 42.5 Å². The number of aromatic amines is 1. The summed E-state index contributed by atoms with van der Waals surface area (Å²) in [6.07, 6.45) is 0. The third-order valence-corrected chi connectivity index (χ3v) is 8.79. The number of hydrogen-bond acceptors (Lipinski definition) is 5. The van der Waals surface area contributed by atoms with E-state index in [1.165, 1.54) is 20.1 Å². The van der Waals surface area contributed by atoms with Gasteiger partial charge in [-0.05, 0) is 60.2 Å². The molecular weight excluding hydrogens is 510 g/mol. The Balaban J connectivity index is 1.14. The van der Waals surface area contributed by atoms with Crippen LogP contribution in [0.4, 0.5) is 11.4 Å². The molecule has 2 heterocycles. The third kappa shape index (κ3) is 4.87. The average molecular weight is 538 g/mol. The minimum Gasteiger partial charge on any atom is -0.497 e. The Labute approximate surface area is 230 Å². The molecule has 0 spiro atoms. The van der Waals surface area contributed by atoms with Crippen molar-refractivity contribution >= 4 is 51.7 Å². The maximum absolute atomic E-state index is 13.1. The van der Waals surface area contributed by atoms with Crippen LogP contribution in [0.25, 0.3) is 22.2 Å². The van der Waals surface area contributed by atoms with Gasteiger partial charge in [-0.3, -0.25) is 4.79 Å². The van der Waals surface area contributed by atoms with Crippen molar-refractivity contribution in [1.82, 2.24) is 10.3 Å². The number of para-hydroxylation sites is 3. The Hall–Kier alpha value is -3.81. The van der Waals surface area contributed by atoms with Crippen LogP contribution in [0.5, 0.6) is 5.75 Å². The van der Waals surface area contributed by atoms with Crippen LogP contribution in [-0.4, -0.2) is 36.8 Å². The number of thioether (sulfide) groups is 1. The van der Waals surface area contributed by atoms with Crippen LogP contribution in [-0.2, 0) is 4.79 Å². The molecule has 2 N–H and O–H groups in total. The number of anilines is 2. The van der Waals surface area contributed by atoms with Crippen molar-refractivity contribution in [2.45, 2.75) is 14.7 Å². The molecule has 0 radical (unpaired) electrons. The van der Waals surface area contributed by atoms with Gasteiger partial charge in [0.15, 0.2) is 0 Å². The highest BCUT2D eigenvalue weighted by Crippen LogP contribution is 2.47. The van der Waals surface area contributed by atoms with Crippen LogP contribution < -0.4 is 15.0 Å². The fourth-order valence-electron chi connectivity index (χ4n) is 4.72. The number of nitrogens with one attached hydrogen (secondary N) is 2. The van der Waals surface area contributed by atoms with Crippen LogP contribution in [0.3, 0.4) is 0 Å². The number of nitrogens with zero attached hydrogens (tertiary/aromatic N) is 1. The fourth-order valence-corrected chi connectivity index (χ4v) is 6.87. The second-order valence-corrected chi connectivity index (χ2v) is 11.1. The lowest BCUT2D eigenvalue weighted by atomic mass is 10.1. The molecule has 0 fully saturated rings. The molecule has 0 aliphatic carbocycles. The monoisotopic (exact) mass is 537 g/mol. The second-order valence-electron chi connectivity index (χ2n) is 8.93. The van der Waals surface area contributed by atoms with Gasteiger partial charge >= 0.3 is 0 Å². The summed E-state index contributed by atoms with van der Waals surface area (Å²) >= 11 is 3.51. The predicted octanol–water partition coefficient (Wildman–Crippen LogP) is 7.35. The molecule has 0 atom stereocenters. The Morgan fingerprint density at radius 1 is 0.895 bits per heavy atom. The number of hydrogen-bond donors (Lipinski definition) is 2. The number of methoxy groups -OCH3 is 1. The van der Waals surface area contributed by atoms with Crippen LogP contribution in [0.15, 0.2) is 112 Å². The van der Waals surface area contributed by atoms with Crippen molar-refractivity contribution < 1.29 is 9.53 Å². The number of rotatable bonds is 8. The first-order valence-electron chi connectivity index (χ1n) is 12.5. The van der Waals surface area contributed by atoms with Crippen molar-refractivity contribution in [2.24, 2.45) is 0 Å². The van der Waals surface area contributed by atoms with Crippen molar-refractivity contribution in [3.05, 3.63) is 97.1 Å². The Morgan fingerprint density at radius 2 is 1.55 bits per heavy atom. The van der Waals surface area contributed by atoms with Crippen LogP contribution in [0.2, 0.25) is 0 Å². The topological polar surface area (TPSA) is 57.4 Å². The minimum atomic E-state index is 0.0106. The summed E-state index contributed by atoms with van der Waals surface area (Å²) in [7, 11) is 1.68. The molecule has 0 saturated heterocycles. The highest BCUT2D eigenvalue weighted by molar-refractivity contribution is 8.00. The molecule has 0 saturated carbocycles. The van der Waals surface area contributed by atoms with Crippen molar-refractivity contribution in [2.75, 3.05) is 30.9 Å². The Bertz CT molecular complexity index is 1550. The van der Waals surface area contributed by atoms with Crippen LogP contribution in [0.1, 0.15) is 0 Å². The smallest absolute Gasteiger partial charge is 0.239 e. The summed E-state index contributed by atoms with van der Waals surface area (Å²) in [6.45, 7) is 0.861. The summed E-state index contributed by atoms with van der Waals surface area (Å²) in [5, 5.41) is 4.33. The number of benzene rings is 4.